The quantitative estimate of drug-likeness (QED) is 0.889. The predicted octanol–water partition coefficient (Wildman–Crippen LogP) is 2.39. The minimum Gasteiger partial charge on any atom is -0.367 e. The third-order valence-corrected chi connectivity index (χ3v) is 2.78. The van der Waals surface area contributed by atoms with Crippen molar-refractivity contribution < 1.29 is 18.0 Å². The summed E-state index contributed by atoms with van der Waals surface area (Å²) in [7, 11) is 0. The number of carbonyl (C=O) groups is 1. The van der Waals surface area contributed by atoms with Crippen LogP contribution in [-0.2, 0) is 6.18 Å². The summed E-state index contributed by atoms with van der Waals surface area (Å²) in [5.74, 6) is -0.964. The number of hydrogen-bond donors (Lipinski definition) is 2. The highest BCUT2D eigenvalue weighted by molar-refractivity contribution is 7.10. The van der Waals surface area contributed by atoms with Crippen LogP contribution in [0, 0.1) is 0 Å². The molecular weight excluding hydrogens is 281 g/mol. The molecular formula is C10H7F3N4OS. The van der Waals surface area contributed by atoms with Crippen molar-refractivity contribution in [2.75, 3.05) is 11.1 Å². The number of nitrogens with zero attached hydrogens (tertiary/aromatic N) is 2. The molecule has 100 valence electrons. The van der Waals surface area contributed by atoms with E-state index in [2.05, 4.69) is 14.7 Å². The molecule has 5 nitrogen and oxygen atoms in total. The zero-order valence-corrected chi connectivity index (χ0v) is 10.0. The number of carbonyl (C=O) groups excluding carboxylic acids is 1. The van der Waals surface area contributed by atoms with Crippen molar-refractivity contribution in [1.29, 1.82) is 0 Å². The summed E-state index contributed by atoms with van der Waals surface area (Å²) in [5.41, 5.74) is 3.76. The summed E-state index contributed by atoms with van der Waals surface area (Å²) in [6.45, 7) is 0. The van der Waals surface area contributed by atoms with Crippen LogP contribution in [-0.4, -0.2) is 15.3 Å². The van der Waals surface area contributed by atoms with Crippen LogP contribution in [0.2, 0.25) is 0 Å². The monoisotopic (exact) mass is 288 g/mol. The van der Waals surface area contributed by atoms with Gasteiger partial charge in [-0.2, -0.15) is 22.5 Å². The Morgan fingerprint density at radius 1 is 1.32 bits per heavy atom. The molecule has 0 saturated heterocycles. The van der Waals surface area contributed by atoms with E-state index in [1.54, 1.807) is 0 Å². The molecule has 2 rings (SSSR count). The molecule has 1 aromatic heterocycles. The molecule has 0 radical (unpaired) electrons. The number of nitrogens with two attached hydrogens (primary N) is 1. The standard InChI is InChI=1S/C10H7F3N4OS/c11-10(12,13)6-4-2-1-3-5(6)7(18)15-9-16-8(14)17-19-9/h1-4H,(H3,14,15,16,17,18). The van der Waals surface area contributed by atoms with E-state index in [1.807, 2.05) is 0 Å². The van der Waals surface area contributed by atoms with Gasteiger partial charge in [-0.05, 0) is 12.1 Å². The molecule has 0 spiro atoms. The first-order valence-corrected chi connectivity index (χ1v) is 5.72. The first kappa shape index (κ1) is 13.3. The van der Waals surface area contributed by atoms with E-state index in [4.69, 9.17) is 5.73 Å². The van der Waals surface area contributed by atoms with Gasteiger partial charge in [-0.3, -0.25) is 10.1 Å². The summed E-state index contributed by atoms with van der Waals surface area (Å²) < 4.78 is 41.8. The molecule has 19 heavy (non-hydrogen) atoms. The lowest BCUT2D eigenvalue weighted by atomic mass is 10.1. The summed E-state index contributed by atoms with van der Waals surface area (Å²) >= 11 is 0.787. The molecule has 0 aliphatic heterocycles. The van der Waals surface area contributed by atoms with Crippen LogP contribution in [0.4, 0.5) is 24.3 Å². The summed E-state index contributed by atoms with van der Waals surface area (Å²) in [4.78, 5) is 15.4. The summed E-state index contributed by atoms with van der Waals surface area (Å²) in [6, 6.07) is 4.48. The molecule has 0 atom stereocenters. The van der Waals surface area contributed by atoms with Crippen molar-refractivity contribution in [3.8, 4) is 0 Å². The molecule has 9 heteroatoms. The largest absolute Gasteiger partial charge is 0.417 e. The fraction of sp³-hybridized carbons (Fsp3) is 0.100. The second-order valence-electron chi connectivity index (χ2n) is 3.46. The van der Waals surface area contributed by atoms with Gasteiger partial charge in [0.2, 0.25) is 11.1 Å². The molecule has 0 bridgehead atoms. The van der Waals surface area contributed by atoms with E-state index in [-0.39, 0.29) is 11.1 Å². The number of hydrogen-bond acceptors (Lipinski definition) is 5. The highest BCUT2D eigenvalue weighted by Gasteiger charge is 2.34. The van der Waals surface area contributed by atoms with Crippen LogP contribution < -0.4 is 11.1 Å². The fourth-order valence-corrected chi connectivity index (χ4v) is 1.87. The van der Waals surface area contributed by atoms with Crippen LogP contribution >= 0.6 is 11.5 Å². The van der Waals surface area contributed by atoms with Crippen molar-refractivity contribution in [2.45, 2.75) is 6.18 Å². The third kappa shape index (κ3) is 2.99. The van der Waals surface area contributed by atoms with E-state index in [9.17, 15) is 18.0 Å². The highest BCUT2D eigenvalue weighted by atomic mass is 32.1. The van der Waals surface area contributed by atoms with E-state index >= 15 is 0 Å². The SMILES string of the molecule is Nc1nsc(NC(=O)c2ccccc2C(F)(F)F)n1. The first-order chi connectivity index (χ1) is 8.88. The van der Waals surface area contributed by atoms with Crippen LogP contribution in [0.15, 0.2) is 24.3 Å². The molecule has 0 unspecified atom stereocenters. The molecule has 0 aliphatic carbocycles. The molecule has 0 fully saturated rings. The topological polar surface area (TPSA) is 80.9 Å². The number of nitrogens with one attached hydrogen (secondary N) is 1. The van der Waals surface area contributed by atoms with Crippen molar-refractivity contribution in [2.24, 2.45) is 0 Å². The molecule has 0 aliphatic rings. The van der Waals surface area contributed by atoms with Crippen molar-refractivity contribution >= 4 is 28.5 Å². The van der Waals surface area contributed by atoms with Gasteiger partial charge in [0.1, 0.15) is 0 Å². The van der Waals surface area contributed by atoms with Gasteiger partial charge >= 0.3 is 6.18 Å². The third-order valence-electron chi connectivity index (χ3n) is 2.14. The Morgan fingerprint density at radius 2 is 2.00 bits per heavy atom. The van der Waals surface area contributed by atoms with Crippen LogP contribution in [0.1, 0.15) is 15.9 Å². The zero-order chi connectivity index (χ0) is 14.0. The van der Waals surface area contributed by atoms with Gasteiger partial charge in [-0.15, -0.1) is 0 Å². The Kier molecular flexibility index (Phi) is 3.38. The number of amides is 1. The Hall–Kier alpha value is -2.16. The smallest absolute Gasteiger partial charge is 0.367 e. The van der Waals surface area contributed by atoms with Gasteiger partial charge in [0.15, 0.2) is 0 Å². The summed E-state index contributed by atoms with van der Waals surface area (Å²) in [5, 5.41) is 2.26. The minimum atomic E-state index is -4.60. The van der Waals surface area contributed by atoms with Crippen molar-refractivity contribution in [3.63, 3.8) is 0 Å². The van der Waals surface area contributed by atoms with Gasteiger partial charge < -0.3 is 5.73 Å². The van der Waals surface area contributed by atoms with E-state index < -0.39 is 23.2 Å². The molecule has 1 amide bonds. The molecule has 2 aromatic rings. The number of halogens is 3. The van der Waals surface area contributed by atoms with E-state index in [0.29, 0.717) is 0 Å². The van der Waals surface area contributed by atoms with E-state index in [0.717, 1.165) is 23.7 Å². The second kappa shape index (κ2) is 4.84. The number of aromatic nitrogens is 2. The van der Waals surface area contributed by atoms with Crippen molar-refractivity contribution in [1.82, 2.24) is 9.36 Å². The van der Waals surface area contributed by atoms with E-state index in [1.165, 1.54) is 12.1 Å². The van der Waals surface area contributed by atoms with Gasteiger partial charge in [0, 0.05) is 11.5 Å². The maximum atomic E-state index is 12.7. The second-order valence-corrected chi connectivity index (χ2v) is 4.21. The Balaban J connectivity index is 2.29. The average molecular weight is 288 g/mol. The zero-order valence-electron chi connectivity index (χ0n) is 9.23. The van der Waals surface area contributed by atoms with Crippen LogP contribution in [0.3, 0.4) is 0 Å². The predicted molar refractivity (Wildman–Crippen MR) is 63.7 cm³/mol. The molecule has 1 heterocycles. The number of benzene rings is 1. The maximum Gasteiger partial charge on any atom is 0.417 e. The maximum absolute atomic E-state index is 12.7. The average Bonchev–Trinajstić information content (AvgIpc) is 2.73. The fourth-order valence-electron chi connectivity index (χ4n) is 1.38. The number of rotatable bonds is 2. The minimum absolute atomic E-state index is 0.0412. The first-order valence-electron chi connectivity index (χ1n) is 4.94. The van der Waals surface area contributed by atoms with Crippen molar-refractivity contribution in [3.05, 3.63) is 35.4 Å². The Morgan fingerprint density at radius 3 is 2.58 bits per heavy atom. The van der Waals surface area contributed by atoms with Gasteiger partial charge in [-0.1, -0.05) is 12.1 Å². The normalized spacial score (nSPS) is 11.3. The lowest BCUT2D eigenvalue weighted by Crippen LogP contribution is -2.18. The molecule has 3 N–H and O–H groups in total. The number of nitrogen functional groups attached to an aromatic ring is 1. The van der Waals surface area contributed by atoms with Crippen LogP contribution in [0.25, 0.3) is 0 Å². The lowest BCUT2D eigenvalue weighted by molar-refractivity contribution is -0.137. The highest BCUT2D eigenvalue weighted by Crippen LogP contribution is 2.32. The van der Waals surface area contributed by atoms with Crippen LogP contribution in [0.5, 0.6) is 0 Å². The molecule has 1 aromatic carbocycles. The number of alkyl halides is 3. The summed E-state index contributed by atoms with van der Waals surface area (Å²) in [6.07, 6.45) is -4.60. The van der Waals surface area contributed by atoms with Gasteiger partial charge in [-0.25, -0.2) is 0 Å². The molecule has 0 saturated carbocycles. The number of anilines is 2. The van der Waals surface area contributed by atoms with Gasteiger partial charge in [0.25, 0.3) is 5.91 Å². The van der Waals surface area contributed by atoms with Gasteiger partial charge in [0.05, 0.1) is 11.1 Å². The lowest BCUT2D eigenvalue weighted by Gasteiger charge is -2.11. The Bertz CT molecular complexity index is 611. The Labute approximate surface area is 109 Å².